The lowest BCUT2D eigenvalue weighted by Crippen LogP contribution is -2.57. The molecule has 32 heavy (non-hydrogen) atoms. The maximum atomic E-state index is 13.7. The number of halogens is 1. The number of hydrazine groups is 1. The van der Waals surface area contributed by atoms with Gasteiger partial charge in [-0.3, -0.25) is 19.2 Å². The van der Waals surface area contributed by atoms with Crippen molar-refractivity contribution in [3.05, 3.63) is 82.9 Å². The zero-order valence-corrected chi connectivity index (χ0v) is 18.4. The molecule has 3 atom stereocenters. The molecule has 1 saturated heterocycles. The largest absolute Gasteiger partial charge is 0.292 e. The van der Waals surface area contributed by atoms with Gasteiger partial charge in [0.25, 0.3) is 17.7 Å². The molecule has 1 heterocycles. The molecule has 0 spiro atoms. The predicted molar refractivity (Wildman–Crippen MR) is 120 cm³/mol. The minimum atomic E-state index is -1.04. The van der Waals surface area contributed by atoms with Crippen LogP contribution in [-0.4, -0.2) is 39.6 Å². The van der Waals surface area contributed by atoms with Crippen LogP contribution in [0.1, 0.15) is 46.9 Å². The zero-order valence-electron chi connectivity index (χ0n) is 17.6. The fourth-order valence-corrected chi connectivity index (χ4v) is 4.61. The molecule has 3 amide bonds. The molecule has 0 unspecified atom stereocenters. The molecule has 1 aliphatic heterocycles. The van der Waals surface area contributed by atoms with Crippen molar-refractivity contribution in [2.75, 3.05) is 0 Å². The van der Waals surface area contributed by atoms with E-state index >= 15 is 0 Å². The zero-order chi connectivity index (χ0) is 22.8. The lowest BCUT2D eigenvalue weighted by atomic mass is 9.85. The Bertz CT molecular complexity index is 1070. The molecular formula is C25H23ClN2O4. The van der Waals surface area contributed by atoms with Gasteiger partial charge in [-0.25, -0.2) is 5.01 Å². The molecule has 6 nitrogen and oxygen atoms in total. The maximum Gasteiger partial charge on any atom is 0.275 e. The molecule has 0 saturated carbocycles. The van der Waals surface area contributed by atoms with E-state index in [0.29, 0.717) is 18.4 Å². The topological polar surface area (TPSA) is 74.8 Å². The summed E-state index contributed by atoms with van der Waals surface area (Å²) < 4.78 is 0. The Morgan fingerprint density at radius 2 is 1.53 bits per heavy atom. The van der Waals surface area contributed by atoms with E-state index in [1.165, 1.54) is 6.07 Å². The van der Waals surface area contributed by atoms with Gasteiger partial charge in [-0.05, 0) is 31.4 Å². The first-order chi connectivity index (χ1) is 15.5. The molecule has 164 valence electrons. The molecule has 0 aromatic heterocycles. The van der Waals surface area contributed by atoms with Gasteiger partial charge in [-0.15, -0.1) is 0 Å². The van der Waals surface area contributed by atoms with E-state index in [-0.39, 0.29) is 22.8 Å². The van der Waals surface area contributed by atoms with Gasteiger partial charge in [0.15, 0.2) is 5.78 Å². The van der Waals surface area contributed by atoms with Gasteiger partial charge in [-0.2, -0.15) is 5.01 Å². The summed E-state index contributed by atoms with van der Waals surface area (Å²) in [6.45, 7) is 1.75. The number of ketones is 1. The number of hydrogen-bond acceptors (Lipinski definition) is 4. The van der Waals surface area contributed by atoms with Gasteiger partial charge >= 0.3 is 0 Å². The van der Waals surface area contributed by atoms with Crippen LogP contribution in [0, 0.1) is 11.8 Å². The standard InChI is InChI=1S/C25H23ClN2O4/c1-2-21(22(29)16-10-4-3-5-11-16)27(25(32)19-14-8-9-15-20(19)26)28-23(30)17-12-6-7-13-18(17)24(28)31/h3-11,14-15,17-18,21H,2,12-13H2,1H3/t17-,18-,21+/m0/s1. The number of amides is 3. The second-order valence-electron chi connectivity index (χ2n) is 7.93. The van der Waals surface area contributed by atoms with E-state index in [9.17, 15) is 19.2 Å². The number of Topliss-reactive ketones (excluding diaryl/α,β-unsaturated/α-hetero) is 1. The number of imide groups is 1. The second kappa shape index (κ2) is 9.09. The van der Waals surface area contributed by atoms with Crippen molar-refractivity contribution < 1.29 is 19.2 Å². The van der Waals surface area contributed by atoms with Crippen molar-refractivity contribution in [2.45, 2.75) is 32.2 Å². The van der Waals surface area contributed by atoms with E-state index in [1.54, 1.807) is 55.5 Å². The summed E-state index contributed by atoms with van der Waals surface area (Å²) in [6.07, 6.45) is 4.84. The summed E-state index contributed by atoms with van der Waals surface area (Å²) in [5.74, 6) is -2.97. The Kier molecular flexibility index (Phi) is 6.24. The number of fused-ring (bicyclic) bond motifs is 1. The smallest absolute Gasteiger partial charge is 0.275 e. The lowest BCUT2D eigenvalue weighted by molar-refractivity contribution is -0.156. The predicted octanol–water partition coefficient (Wildman–Crippen LogP) is 4.31. The molecule has 0 bridgehead atoms. The highest BCUT2D eigenvalue weighted by Crippen LogP contribution is 2.37. The normalized spacial score (nSPS) is 20.8. The molecule has 2 aromatic carbocycles. The first-order valence-corrected chi connectivity index (χ1v) is 11.0. The number of carbonyl (C=O) groups is 4. The van der Waals surface area contributed by atoms with Crippen LogP contribution in [0.25, 0.3) is 0 Å². The van der Waals surface area contributed by atoms with Gasteiger partial charge in [0.05, 0.1) is 22.4 Å². The van der Waals surface area contributed by atoms with Crippen molar-refractivity contribution in [3.63, 3.8) is 0 Å². The van der Waals surface area contributed by atoms with Crippen LogP contribution in [-0.2, 0) is 9.59 Å². The maximum absolute atomic E-state index is 13.7. The molecule has 0 N–H and O–H groups in total. The SMILES string of the molecule is CC[C@H](C(=O)c1ccccc1)N(C(=O)c1ccccc1Cl)N1C(=O)[C@H]2CC=CC[C@@H]2C1=O. The van der Waals surface area contributed by atoms with Crippen LogP contribution < -0.4 is 0 Å². The summed E-state index contributed by atoms with van der Waals surface area (Å²) in [5.41, 5.74) is 0.525. The average Bonchev–Trinajstić information content (AvgIpc) is 3.07. The van der Waals surface area contributed by atoms with Crippen molar-refractivity contribution >= 4 is 35.1 Å². The van der Waals surface area contributed by atoms with Gasteiger partial charge in [0.1, 0.15) is 6.04 Å². The number of nitrogens with zero attached hydrogens (tertiary/aromatic N) is 2. The fourth-order valence-electron chi connectivity index (χ4n) is 4.39. The van der Waals surface area contributed by atoms with Crippen molar-refractivity contribution in [1.82, 2.24) is 10.0 Å². The lowest BCUT2D eigenvalue weighted by Gasteiger charge is -2.36. The minimum absolute atomic E-state index is 0.127. The van der Waals surface area contributed by atoms with E-state index in [1.807, 2.05) is 12.2 Å². The second-order valence-corrected chi connectivity index (χ2v) is 8.34. The highest BCUT2D eigenvalue weighted by atomic mass is 35.5. The van der Waals surface area contributed by atoms with Crippen LogP contribution >= 0.6 is 11.6 Å². The Hall–Kier alpha value is -3.25. The van der Waals surface area contributed by atoms with Crippen LogP contribution in [0.3, 0.4) is 0 Å². The van der Waals surface area contributed by atoms with Crippen LogP contribution in [0.2, 0.25) is 5.02 Å². The Morgan fingerprint density at radius 3 is 2.09 bits per heavy atom. The van der Waals surface area contributed by atoms with Crippen molar-refractivity contribution in [3.8, 4) is 0 Å². The third-order valence-corrected chi connectivity index (χ3v) is 6.38. The van der Waals surface area contributed by atoms with Gasteiger partial charge in [0, 0.05) is 5.56 Å². The molecular weight excluding hydrogens is 428 g/mol. The third kappa shape index (κ3) is 3.75. The quantitative estimate of drug-likeness (QED) is 0.373. The van der Waals surface area contributed by atoms with E-state index in [2.05, 4.69) is 0 Å². The Balaban J connectivity index is 1.81. The number of carbonyl (C=O) groups excluding carboxylic acids is 4. The molecule has 2 aromatic rings. The van der Waals surface area contributed by atoms with Crippen molar-refractivity contribution in [2.24, 2.45) is 11.8 Å². The first kappa shape index (κ1) is 22.0. The van der Waals surface area contributed by atoms with Gasteiger partial charge in [0.2, 0.25) is 0 Å². The summed E-state index contributed by atoms with van der Waals surface area (Å²) in [6, 6.07) is 13.9. The number of allylic oxidation sites excluding steroid dienone is 2. The fraction of sp³-hybridized carbons (Fsp3) is 0.280. The van der Waals surface area contributed by atoms with Crippen LogP contribution in [0.4, 0.5) is 0 Å². The Morgan fingerprint density at radius 1 is 0.969 bits per heavy atom. The van der Waals surface area contributed by atoms with Crippen molar-refractivity contribution in [1.29, 1.82) is 0 Å². The third-order valence-electron chi connectivity index (χ3n) is 6.05. The molecule has 2 aliphatic rings. The Labute approximate surface area is 191 Å². The van der Waals surface area contributed by atoms with E-state index < -0.39 is 35.6 Å². The van der Waals surface area contributed by atoms with Gasteiger partial charge < -0.3 is 0 Å². The minimum Gasteiger partial charge on any atom is -0.292 e. The molecule has 4 rings (SSSR count). The average molecular weight is 451 g/mol. The van der Waals surface area contributed by atoms with Gasteiger partial charge in [-0.1, -0.05) is 73.1 Å². The summed E-state index contributed by atoms with van der Waals surface area (Å²) in [4.78, 5) is 53.8. The highest BCUT2D eigenvalue weighted by molar-refractivity contribution is 6.34. The summed E-state index contributed by atoms with van der Waals surface area (Å²) in [7, 11) is 0. The first-order valence-electron chi connectivity index (χ1n) is 10.7. The molecule has 1 fully saturated rings. The van der Waals surface area contributed by atoms with Crippen LogP contribution in [0.5, 0.6) is 0 Å². The molecule has 0 radical (unpaired) electrons. The highest BCUT2D eigenvalue weighted by Gasteiger charge is 2.53. The number of rotatable bonds is 6. The van der Waals surface area contributed by atoms with Crippen LogP contribution in [0.15, 0.2) is 66.7 Å². The summed E-state index contributed by atoms with van der Waals surface area (Å²) >= 11 is 6.28. The van der Waals surface area contributed by atoms with E-state index in [4.69, 9.17) is 11.6 Å². The number of hydrogen-bond donors (Lipinski definition) is 0. The van der Waals surface area contributed by atoms with E-state index in [0.717, 1.165) is 10.0 Å². The number of benzene rings is 2. The molecule has 1 aliphatic carbocycles. The monoisotopic (exact) mass is 450 g/mol. The molecule has 7 heteroatoms. The summed E-state index contributed by atoms with van der Waals surface area (Å²) in [5, 5.41) is 2.13.